The standard InChI is InChI=1S/C8H12N2/c1-6-4-8(9)5-7(2)10(6)3/h4-5,9H,1-3H3. The predicted octanol–water partition coefficient (Wildman–Crippen LogP) is 1.12. The van der Waals surface area contributed by atoms with Crippen molar-refractivity contribution >= 4 is 0 Å². The molecule has 54 valence electrons. The summed E-state index contributed by atoms with van der Waals surface area (Å²) in [5, 5.41) is 7.95. The Balaban J connectivity index is 3.46. The first-order valence-electron chi connectivity index (χ1n) is 3.30. The molecule has 1 rings (SSSR count). The van der Waals surface area contributed by atoms with Crippen LogP contribution in [0, 0.1) is 19.3 Å². The SMILES string of the molecule is Cc1cc(=N)cc(C)n1C. The molecule has 0 aliphatic heterocycles. The molecule has 1 heterocycles. The van der Waals surface area contributed by atoms with Crippen molar-refractivity contribution in [1.82, 2.24) is 4.57 Å². The topological polar surface area (TPSA) is 28.8 Å². The molecule has 0 unspecified atom stereocenters. The van der Waals surface area contributed by atoms with E-state index in [0.717, 1.165) is 11.4 Å². The first-order chi connectivity index (χ1) is 4.61. The van der Waals surface area contributed by atoms with Gasteiger partial charge in [0.2, 0.25) is 0 Å². The highest BCUT2D eigenvalue weighted by atomic mass is 14.9. The Bertz CT molecular complexity index is 270. The number of pyridine rings is 1. The highest BCUT2D eigenvalue weighted by Gasteiger charge is 1.91. The van der Waals surface area contributed by atoms with Crippen molar-refractivity contribution in [2.24, 2.45) is 7.05 Å². The summed E-state index contributed by atoms with van der Waals surface area (Å²) >= 11 is 0. The molecule has 0 aliphatic rings. The second-order valence-corrected chi connectivity index (χ2v) is 2.59. The highest BCUT2D eigenvalue weighted by Crippen LogP contribution is 1.95. The number of hydrogen-bond donors (Lipinski definition) is 1. The van der Waals surface area contributed by atoms with Crippen LogP contribution >= 0.6 is 0 Å². The van der Waals surface area contributed by atoms with Gasteiger partial charge < -0.3 is 9.98 Å². The molecule has 0 fully saturated rings. The van der Waals surface area contributed by atoms with E-state index in [2.05, 4.69) is 4.57 Å². The molecule has 0 aliphatic carbocycles. The molecule has 0 atom stereocenters. The minimum atomic E-state index is 0.591. The molecule has 0 saturated heterocycles. The molecule has 0 amide bonds. The smallest absolute Gasteiger partial charge is 0.0574 e. The zero-order valence-electron chi connectivity index (χ0n) is 6.60. The van der Waals surface area contributed by atoms with E-state index in [-0.39, 0.29) is 0 Å². The van der Waals surface area contributed by atoms with E-state index < -0.39 is 0 Å². The first kappa shape index (κ1) is 7.06. The summed E-state index contributed by atoms with van der Waals surface area (Å²) in [6.45, 7) is 4.01. The molecule has 1 aromatic rings. The fraction of sp³-hybridized carbons (Fsp3) is 0.375. The average molecular weight is 136 g/mol. The van der Waals surface area contributed by atoms with Gasteiger partial charge in [-0.25, -0.2) is 0 Å². The van der Waals surface area contributed by atoms with Crippen LogP contribution < -0.4 is 5.36 Å². The predicted molar refractivity (Wildman–Crippen MR) is 40.7 cm³/mol. The van der Waals surface area contributed by atoms with Crippen molar-refractivity contribution in [3.8, 4) is 0 Å². The van der Waals surface area contributed by atoms with Crippen molar-refractivity contribution in [1.29, 1.82) is 5.41 Å². The molecule has 1 aromatic heterocycles. The molecule has 0 radical (unpaired) electrons. The van der Waals surface area contributed by atoms with E-state index in [4.69, 9.17) is 5.41 Å². The number of aryl methyl sites for hydroxylation is 2. The number of rotatable bonds is 0. The summed E-state index contributed by atoms with van der Waals surface area (Å²) in [6, 6.07) is 3.71. The lowest BCUT2D eigenvalue weighted by atomic mass is 10.3. The second-order valence-electron chi connectivity index (χ2n) is 2.59. The van der Waals surface area contributed by atoms with E-state index in [1.165, 1.54) is 0 Å². The third-order valence-corrected chi connectivity index (χ3v) is 1.79. The third kappa shape index (κ3) is 1.10. The van der Waals surface area contributed by atoms with Crippen molar-refractivity contribution in [3.63, 3.8) is 0 Å². The van der Waals surface area contributed by atoms with Crippen molar-refractivity contribution in [2.45, 2.75) is 13.8 Å². The number of hydrogen-bond acceptors (Lipinski definition) is 1. The van der Waals surface area contributed by atoms with Crippen molar-refractivity contribution in [2.75, 3.05) is 0 Å². The summed E-state index contributed by atoms with van der Waals surface area (Å²) < 4.78 is 2.07. The summed E-state index contributed by atoms with van der Waals surface area (Å²) in [5.41, 5.74) is 2.26. The summed E-state index contributed by atoms with van der Waals surface area (Å²) in [7, 11) is 2.00. The molecule has 10 heavy (non-hydrogen) atoms. The van der Waals surface area contributed by atoms with Gasteiger partial charge in [-0.05, 0) is 26.0 Å². The fourth-order valence-corrected chi connectivity index (χ4v) is 0.964. The number of nitrogens with one attached hydrogen (secondary N) is 1. The Hall–Kier alpha value is -1.05. The van der Waals surface area contributed by atoms with Crippen molar-refractivity contribution in [3.05, 3.63) is 28.9 Å². The van der Waals surface area contributed by atoms with Crippen LogP contribution in [0.15, 0.2) is 12.1 Å². The van der Waals surface area contributed by atoms with Gasteiger partial charge in [-0.2, -0.15) is 0 Å². The van der Waals surface area contributed by atoms with Gasteiger partial charge in [0, 0.05) is 18.4 Å². The van der Waals surface area contributed by atoms with Gasteiger partial charge in [-0.1, -0.05) is 0 Å². The number of aromatic nitrogens is 1. The van der Waals surface area contributed by atoms with Crippen LogP contribution in [0.1, 0.15) is 11.4 Å². The van der Waals surface area contributed by atoms with Gasteiger partial charge in [0.15, 0.2) is 0 Å². The Morgan fingerprint density at radius 1 is 1.20 bits per heavy atom. The first-order valence-corrected chi connectivity index (χ1v) is 3.30. The van der Waals surface area contributed by atoms with Crippen LogP contribution in [0.5, 0.6) is 0 Å². The molecule has 0 aromatic carbocycles. The Morgan fingerprint density at radius 3 is 2.00 bits per heavy atom. The van der Waals surface area contributed by atoms with Crippen LogP contribution in [0.2, 0.25) is 0 Å². The molecule has 1 N–H and O–H groups in total. The lowest BCUT2D eigenvalue weighted by Gasteiger charge is -2.06. The molecular weight excluding hydrogens is 124 g/mol. The van der Waals surface area contributed by atoms with Gasteiger partial charge in [0.1, 0.15) is 0 Å². The maximum Gasteiger partial charge on any atom is 0.0574 e. The minimum Gasteiger partial charge on any atom is -0.352 e. The highest BCUT2D eigenvalue weighted by molar-refractivity contribution is 5.09. The largest absolute Gasteiger partial charge is 0.352 e. The Morgan fingerprint density at radius 2 is 1.60 bits per heavy atom. The minimum absolute atomic E-state index is 0.591. The normalized spacial score (nSPS) is 9.90. The molecule has 2 nitrogen and oxygen atoms in total. The molecular formula is C8H12N2. The maximum atomic E-state index is 7.36. The van der Waals surface area contributed by atoms with Crippen LogP contribution in [0.4, 0.5) is 0 Å². The molecule has 0 spiro atoms. The Labute approximate surface area is 60.6 Å². The van der Waals surface area contributed by atoms with Crippen LogP contribution in [0.25, 0.3) is 0 Å². The third-order valence-electron chi connectivity index (χ3n) is 1.79. The molecule has 2 heteroatoms. The monoisotopic (exact) mass is 136 g/mol. The maximum absolute atomic E-state index is 7.36. The van der Waals surface area contributed by atoms with Gasteiger partial charge in [0.05, 0.1) is 5.36 Å². The fourth-order valence-electron chi connectivity index (χ4n) is 0.964. The van der Waals surface area contributed by atoms with Crippen LogP contribution in [-0.4, -0.2) is 4.57 Å². The summed E-state index contributed by atoms with van der Waals surface area (Å²) in [5.74, 6) is 0. The van der Waals surface area contributed by atoms with E-state index in [9.17, 15) is 0 Å². The Kier molecular flexibility index (Phi) is 1.62. The molecule has 0 bridgehead atoms. The van der Waals surface area contributed by atoms with E-state index in [1.54, 1.807) is 0 Å². The number of nitrogens with zero attached hydrogens (tertiary/aromatic N) is 1. The van der Waals surface area contributed by atoms with Gasteiger partial charge in [0.25, 0.3) is 0 Å². The molecule has 0 saturated carbocycles. The average Bonchev–Trinajstić information content (AvgIpc) is 1.82. The quantitative estimate of drug-likeness (QED) is 0.554. The summed E-state index contributed by atoms with van der Waals surface area (Å²) in [4.78, 5) is 0. The second kappa shape index (κ2) is 2.29. The van der Waals surface area contributed by atoms with E-state index in [1.807, 2.05) is 33.0 Å². The zero-order chi connectivity index (χ0) is 7.72. The lowest BCUT2D eigenvalue weighted by molar-refractivity contribution is 0.808. The van der Waals surface area contributed by atoms with Gasteiger partial charge in [-0.15, -0.1) is 0 Å². The summed E-state index contributed by atoms with van der Waals surface area (Å²) in [6.07, 6.45) is 0. The van der Waals surface area contributed by atoms with Crippen LogP contribution in [-0.2, 0) is 7.05 Å². The van der Waals surface area contributed by atoms with Crippen LogP contribution in [0.3, 0.4) is 0 Å². The van der Waals surface area contributed by atoms with E-state index in [0.29, 0.717) is 5.36 Å². The zero-order valence-corrected chi connectivity index (χ0v) is 6.60. The van der Waals surface area contributed by atoms with Gasteiger partial charge in [-0.3, -0.25) is 0 Å². The lowest BCUT2D eigenvalue weighted by Crippen LogP contribution is -2.09. The van der Waals surface area contributed by atoms with Crippen molar-refractivity contribution < 1.29 is 0 Å². The van der Waals surface area contributed by atoms with Gasteiger partial charge >= 0.3 is 0 Å². The van der Waals surface area contributed by atoms with E-state index >= 15 is 0 Å².